The van der Waals surface area contributed by atoms with Crippen molar-refractivity contribution in [1.82, 2.24) is 9.97 Å². The maximum Gasteiger partial charge on any atom is 0.416 e. The second-order valence-corrected chi connectivity index (χ2v) is 5.85. The summed E-state index contributed by atoms with van der Waals surface area (Å²) >= 11 is 6.22. The van der Waals surface area contributed by atoms with Crippen LogP contribution >= 0.6 is 11.6 Å². The Kier molecular flexibility index (Phi) is 4.43. The quantitative estimate of drug-likeness (QED) is 0.652. The summed E-state index contributed by atoms with van der Waals surface area (Å²) in [4.78, 5) is 8.39. The Hall–Kier alpha value is -2.54. The highest BCUT2D eigenvalue weighted by molar-refractivity contribution is 6.35. The smallest absolute Gasteiger partial charge is 0.388 e. The predicted octanol–water partition coefficient (Wildman–Crippen LogP) is 5.40. The molecule has 2 aromatic heterocycles. The first-order valence-electron chi connectivity index (χ1n) is 7.37. The molecule has 3 rings (SSSR count). The molecule has 0 unspecified atom stereocenters. The molecule has 25 heavy (non-hydrogen) atoms. The average Bonchev–Trinajstić information content (AvgIpc) is 2.56. The first-order chi connectivity index (χ1) is 11.8. The third-order valence-electron chi connectivity index (χ3n) is 3.73. The number of anilines is 3. The van der Waals surface area contributed by atoms with Crippen LogP contribution in [0.5, 0.6) is 0 Å². The minimum absolute atomic E-state index is 0.0608. The fraction of sp³-hybridized carbons (Fsp3) is 0.176. The summed E-state index contributed by atoms with van der Waals surface area (Å²) in [6.07, 6.45) is -3.33. The summed E-state index contributed by atoms with van der Waals surface area (Å²) in [5.74, 6) is 0.458. The summed E-state index contributed by atoms with van der Waals surface area (Å²) in [7, 11) is 1.79. The molecule has 0 amide bonds. The van der Waals surface area contributed by atoms with Gasteiger partial charge in [0.05, 0.1) is 16.1 Å². The van der Waals surface area contributed by atoms with Crippen LogP contribution in [-0.2, 0) is 6.18 Å². The van der Waals surface area contributed by atoms with Gasteiger partial charge < -0.3 is 10.6 Å². The van der Waals surface area contributed by atoms with Gasteiger partial charge in [0.2, 0.25) is 0 Å². The molecule has 0 atom stereocenters. The van der Waals surface area contributed by atoms with Gasteiger partial charge in [-0.2, -0.15) is 13.2 Å². The summed E-state index contributed by atoms with van der Waals surface area (Å²) in [6.45, 7) is 1.81. The Bertz CT molecular complexity index is 941. The van der Waals surface area contributed by atoms with Gasteiger partial charge in [-0.15, -0.1) is 0 Å². The van der Waals surface area contributed by atoms with Gasteiger partial charge in [0, 0.05) is 24.3 Å². The lowest BCUT2D eigenvalue weighted by atomic mass is 10.1. The van der Waals surface area contributed by atoms with E-state index in [4.69, 9.17) is 11.6 Å². The molecule has 0 saturated carbocycles. The molecular weight excluding hydrogens is 353 g/mol. The number of fused-ring (bicyclic) bond motifs is 1. The zero-order valence-corrected chi connectivity index (χ0v) is 14.1. The Balaban J connectivity index is 2.05. The van der Waals surface area contributed by atoms with Gasteiger partial charge in [-0.05, 0) is 42.8 Å². The van der Waals surface area contributed by atoms with Gasteiger partial charge in [-0.3, -0.25) is 0 Å². The van der Waals surface area contributed by atoms with Crippen molar-refractivity contribution in [3.05, 3.63) is 52.7 Å². The lowest BCUT2D eigenvalue weighted by molar-refractivity contribution is -0.137. The lowest BCUT2D eigenvalue weighted by Crippen LogP contribution is -2.07. The van der Waals surface area contributed by atoms with E-state index < -0.39 is 11.7 Å². The maximum atomic E-state index is 12.8. The van der Waals surface area contributed by atoms with Crippen molar-refractivity contribution in [2.45, 2.75) is 13.1 Å². The van der Waals surface area contributed by atoms with Crippen LogP contribution < -0.4 is 10.6 Å². The number of nitrogens with zero attached hydrogens (tertiary/aromatic N) is 2. The Morgan fingerprint density at radius 1 is 1.12 bits per heavy atom. The molecule has 0 saturated heterocycles. The van der Waals surface area contributed by atoms with E-state index in [2.05, 4.69) is 20.6 Å². The van der Waals surface area contributed by atoms with E-state index >= 15 is 0 Å². The standard InChI is InChI=1S/C17H14ClF3N4/c1-9-7-11-13(22-2)4-3-12(18)15(11)25-16(9)24-14-8-10(5-6-23-14)17(19,20)21/h3-8,22H,1-2H3,(H,23,24,25). The number of benzene rings is 1. The number of hydrogen-bond acceptors (Lipinski definition) is 4. The van der Waals surface area contributed by atoms with Gasteiger partial charge in [0.1, 0.15) is 11.6 Å². The van der Waals surface area contributed by atoms with Crippen LogP contribution in [0.2, 0.25) is 5.02 Å². The zero-order valence-electron chi connectivity index (χ0n) is 13.4. The van der Waals surface area contributed by atoms with Crippen molar-refractivity contribution >= 4 is 39.8 Å². The fourth-order valence-corrected chi connectivity index (χ4v) is 2.67. The molecule has 0 radical (unpaired) electrons. The van der Waals surface area contributed by atoms with Crippen LogP contribution in [0.1, 0.15) is 11.1 Å². The van der Waals surface area contributed by atoms with Crippen LogP contribution in [-0.4, -0.2) is 17.0 Å². The SMILES string of the molecule is CNc1ccc(Cl)c2nc(Nc3cc(C(F)(F)F)ccn3)c(C)cc12. The molecule has 4 nitrogen and oxygen atoms in total. The first kappa shape index (κ1) is 17.3. The average molecular weight is 367 g/mol. The van der Waals surface area contributed by atoms with Crippen molar-refractivity contribution in [2.24, 2.45) is 0 Å². The highest BCUT2D eigenvalue weighted by Gasteiger charge is 2.30. The summed E-state index contributed by atoms with van der Waals surface area (Å²) < 4.78 is 38.5. The van der Waals surface area contributed by atoms with E-state index in [9.17, 15) is 13.2 Å². The number of aryl methyl sites for hydroxylation is 1. The second kappa shape index (κ2) is 6.40. The van der Waals surface area contributed by atoms with Crippen LogP contribution in [0.4, 0.5) is 30.5 Å². The van der Waals surface area contributed by atoms with Gasteiger partial charge in [-0.1, -0.05) is 11.6 Å². The van der Waals surface area contributed by atoms with Gasteiger partial charge in [-0.25, -0.2) is 9.97 Å². The molecule has 0 spiro atoms. The third kappa shape index (κ3) is 3.46. The van der Waals surface area contributed by atoms with E-state index in [-0.39, 0.29) is 5.82 Å². The molecule has 2 heterocycles. The first-order valence-corrected chi connectivity index (χ1v) is 7.75. The molecule has 0 aliphatic rings. The predicted molar refractivity (Wildman–Crippen MR) is 93.6 cm³/mol. The van der Waals surface area contributed by atoms with E-state index in [0.29, 0.717) is 16.4 Å². The number of aromatic nitrogens is 2. The molecule has 0 fully saturated rings. The fourth-order valence-electron chi connectivity index (χ4n) is 2.47. The Labute approximate surface area is 147 Å². The van der Waals surface area contributed by atoms with Crippen LogP contribution in [0.3, 0.4) is 0 Å². The Morgan fingerprint density at radius 2 is 1.88 bits per heavy atom. The van der Waals surface area contributed by atoms with Crippen LogP contribution in [0.25, 0.3) is 10.9 Å². The maximum absolute atomic E-state index is 12.8. The Morgan fingerprint density at radius 3 is 2.56 bits per heavy atom. The number of nitrogens with one attached hydrogen (secondary N) is 2. The third-order valence-corrected chi connectivity index (χ3v) is 4.03. The van der Waals surface area contributed by atoms with E-state index in [0.717, 1.165) is 35.0 Å². The van der Waals surface area contributed by atoms with Crippen molar-refractivity contribution in [2.75, 3.05) is 17.7 Å². The monoisotopic (exact) mass is 366 g/mol. The molecule has 2 N–H and O–H groups in total. The van der Waals surface area contributed by atoms with Crippen LogP contribution in [0.15, 0.2) is 36.5 Å². The largest absolute Gasteiger partial charge is 0.416 e. The van der Waals surface area contributed by atoms with Crippen molar-refractivity contribution in [1.29, 1.82) is 0 Å². The number of alkyl halides is 3. The van der Waals surface area contributed by atoms with E-state index in [1.165, 1.54) is 0 Å². The number of pyridine rings is 2. The topological polar surface area (TPSA) is 49.8 Å². The number of halogens is 4. The molecule has 0 aliphatic heterocycles. The second-order valence-electron chi connectivity index (χ2n) is 5.45. The highest BCUT2D eigenvalue weighted by Crippen LogP contribution is 2.33. The normalized spacial score (nSPS) is 11.6. The van der Waals surface area contributed by atoms with E-state index in [1.807, 2.05) is 19.1 Å². The molecular formula is C17H14ClF3N4. The zero-order chi connectivity index (χ0) is 18.2. The summed E-state index contributed by atoms with van der Waals surface area (Å²) in [5, 5.41) is 7.18. The highest BCUT2D eigenvalue weighted by atomic mass is 35.5. The van der Waals surface area contributed by atoms with Crippen molar-refractivity contribution in [3.8, 4) is 0 Å². The molecule has 0 aliphatic carbocycles. The number of rotatable bonds is 3. The molecule has 8 heteroatoms. The number of hydrogen-bond donors (Lipinski definition) is 2. The molecule has 0 bridgehead atoms. The van der Waals surface area contributed by atoms with Gasteiger partial charge in [0.25, 0.3) is 0 Å². The summed E-state index contributed by atoms with van der Waals surface area (Å²) in [5.41, 5.74) is 1.39. The molecule has 1 aromatic carbocycles. The minimum atomic E-state index is -4.43. The van der Waals surface area contributed by atoms with E-state index in [1.54, 1.807) is 13.1 Å². The van der Waals surface area contributed by atoms with Gasteiger partial charge >= 0.3 is 6.18 Å². The minimum Gasteiger partial charge on any atom is -0.388 e. The van der Waals surface area contributed by atoms with Crippen LogP contribution in [0, 0.1) is 6.92 Å². The van der Waals surface area contributed by atoms with Crippen molar-refractivity contribution in [3.63, 3.8) is 0 Å². The molecule has 3 aromatic rings. The van der Waals surface area contributed by atoms with Gasteiger partial charge in [0.15, 0.2) is 0 Å². The molecule has 130 valence electrons. The lowest BCUT2D eigenvalue weighted by Gasteiger charge is -2.13. The summed E-state index contributed by atoms with van der Waals surface area (Å²) in [6, 6.07) is 7.28. The van der Waals surface area contributed by atoms with Crippen molar-refractivity contribution < 1.29 is 13.2 Å².